The number of rotatable bonds is 7. The van der Waals surface area contributed by atoms with Crippen molar-refractivity contribution in [1.29, 1.82) is 0 Å². The highest BCUT2D eigenvalue weighted by atomic mass is 16.1. The zero-order valence-corrected chi connectivity index (χ0v) is 18.8. The molecule has 3 aromatic rings. The van der Waals surface area contributed by atoms with Crippen LogP contribution in [0.1, 0.15) is 51.3 Å². The van der Waals surface area contributed by atoms with Gasteiger partial charge < -0.3 is 0 Å². The molecule has 158 valence electrons. The monoisotopic (exact) mass is 412 g/mol. The van der Waals surface area contributed by atoms with Crippen LogP contribution in [0.15, 0.2) is 64.6 Å². The number of hydrogen-bond acceptors (Lipinski definition) is 4. The van der Waals surface area contributed by atoms with Crippen LogP contribution in [0.4, 0.5) is 11.4 Å². The van der Waals surface area contributed by atoms with Gasteiger partial charge in [-0.2, -0.15) is 9.98 Å². The molecule has 31 heavy (non-hydrogen) atoms. The fraction of sp³-hybridized carbons (Fsp3) is 0.333. The van der Waals surface area contributed by atoms with Crippen molar-refractivity contribution in [2.75, 3.05) is 0 Å². The Morgan fingerprint density at radius 1 is 0.774 bits per heavy atom. The van der Waals surface area contributed by atoms with Crippen molar-refractivity contribution in [1.82, 2.24) is 0 Å². The topological polar surface area (TPSA) is 58.9 Å². The molecule has 0 unspecified atom stereocenters. The van der Waals surface area contributed by atoms with Gasteiger partial charge in [0.15, 0.2) is 0 Å². The lowest BCUT2D eigenvalue weighted by Crippen LogP contribution is -2.38. The lowest BCUT2D eigenvalue weighted by atomic mass is 9.61. The average molecular weight is 413 g/mol. The van der Waals surface area contributed by atoms with E-state index in [2.05, 4.69) is 74.9 Å². The lowest BCUT2D eigenvalue weighted by Gasteiger charge is -2.43. The number of aryl methyl sites for hydroxylation is 1. The maximum Gasteiger partial charge on any atom is 0.240 e. The average Bonchev–Trinajstić information content (AvgIpc) is 2.74. The number of hydrogen-bond donors (Lipinski definition) is 0. The van der Waals surface area contributed by atoms with Crippen molar-refractivity contribution in [3.05, 3.63) is 71.3 Å². The van der Waals surface area contributed by atoms with Crippen LogP contribution in [0.5, 0.6) is 0 Å². The van der Waals surface area contributed by atoms with E-state index in [1.165, 1.54) is 11.1 Å². The van der Waals surface area contributed by atoms with Crippen molar-refractivity contribution < 1.29 is 9.59 Å². The summed E-state index contributed by atoms with van der Waals surface area (Å²) >= 11 is 0. The molecular weight excluding hydrogens is 384 g/mol. The van der Waals surface area contributed by atoms with Crippen molar-refractivity contribution in [3.63, 3.8) is 0 Å². The number of aliphatic imine (C=N–C) groups is 2. The minimum atomic E-state index is -0.292. The Kier molecular flexibility index (Phi) is 6.36. The van der Waals surface area contributed by atoms with Gasteiger partial charge in [0.25, 0.3) is 0 Å². The molecular formula is C27H28N2O2. The Bertz CT molecular complexity index is 1190. The van der Waals surface area contributed by atoms with Gasteiger partial charge in [-0.3, -0.25) is 0 Å². The molecule has 0 heterocycles. The van der Waals surface area contributed by atoms with Crippen molar-refractivity contribution >= 4 is 34.3 Å². The van der Waals surface area contributed by atoms with E-state index in [1.807, 2.05) is 12.1 Å². The molecule has 0 amide bonds. The number of benzene rings is 3. The maximum absolute atomic E-state index is 11.2. The van der Waals surface area contributed by atoms with Gasteiger partial charge in [0, 0.05) is 0 Å². The van der Waals surface area contributed by atoms with Crippen molar-refractivity contribution in [3.8, 4) is 0 Å². The summed E-state index contributed by atoms with van der Waals surface area (Å²) in [5.41, 5.74) is 4.30. The quantitative estimate of drug-likeness (QED) is 0.313. The summed E-state index contributed by atoms with van der Waals surface area (Å²) in [4.78, 5) is 29.5. The van der Waals surface area contributed by atoms with Crippen LogP contribution in [0.2, 0.25) is 0 Å². The third-order valence-corrected chi connectivity index (χ3v) is 6.72. The van der Waals surface area contributed by atoms with Crippen LogP contribution >= 0.6 is 0 Å². The lowest BCUT2D eigenvalue weighted by molar-refractivity contribution is 0.196. The first-order valence-corrected chi connectivity index (χ1v) is 10.5. The van der Waals surface area contributed by atoms with E-state index in [1.54, 1.807) is 24.3 Å². The van der Waals surface area contributed by atoms with Gasteiger partial charge in [-0.05, 0) is 75.4 Å². The zero-order chi connectivity index (χ0) is 22.6. The predicted octanol–water partition coefficient (Wildman–Crippen LogP) is 6.88. The molecule has 0 N–H and O–H groups in total. The Balaban J connectivity index is 2.09. The van der Waals surface area contributed by atoms with E-state index < -0.39 is 0 Å². The summed E-state index contributed by atoms with van der Waals surface area (Å²) in [6, 6.07) is 18.2. The molecule has 0 radical (unpaired) electrons. The standard InChI is InChI=1S/C27H28N2O2/c1-6-19-7-9-20(10-8-19)16-26(2,3)27(4,5)24-14-21-11-12-23(28-17-30)13-22(21)15-25(24)29-18-31/h7-15H,6,16H2,1-5H3. The van der Waals surface area contributed by atoms with Gasteiger partial charge >= 0.3 is 0 Å². The Hall–Kier alpha value is -3.32. The molecule has 0 aliphatic carbocycles. The predicted molar refractivity (Wildman–Crippen MR) is 126 cm³/mol. The molecule has 0 aliphatic heterocycles. The molecule has 0 fully saturated rings. The minimum absolute atomic E-state index is 0.122. The van der Waals surface area contributed by atoms with E-state index in [9.17, 15) is 9.59 Å². The van der Waals surface area contributed by atoms with Crippen molar-refractivity contribution in [2.45, 2.75) is 52.9 Å². The van der Waals surface area contributed by atoms with E-state index in [4.69, 9.17) is 0 Å². The first-order chi connectivity index (χ1) is 14.7. The zero-order valence-electron chi connectivity index (χ0n) is 18.8. The number of nitrogens with zero attached hydrogens (tertiary/aromatic N) is 2. The molecule has 0 spiro atoms. The van der Waals surface area contributed by atoms with Crippen LogP contribution in [0, 0.1) is 5.41 Å². The van der Waals surface area contributed by atoms with Crippen LogP contribution in [0.25, 0.3) is 10.8 Å². The van der Waals surface area contributed by atoms with E-state index in [0.29, 0.717) is 11.4 Å². The van der Waals surface area contributed by atoms with E-state index >= 15 is 0 Å². The highest BCUT2D eigenvalue weighted by Crippen LogP contribution is 2.48. The summed E-state index contributed by atoms with van der Waals surface area (Å²) in [6.07, 6.45) is 5.18. The number of carbonyl (C=O) groups excluding carboxylic acids is 2. The largest absolute Gasteiger partial charge is 0.240 e. The summed E-state index contributed by atoms with van der Waals surface area (Å²) in [5, 5.41) is 1.86. The van der Waals surface area contributed by atoms with Gasteiger partial charge in [-0.15, -0.1) is 0 Å². The highest BCUT2D eigenvalue weighted by molar-refractivity contribution is 5.90. The second-order valence-corrected chi connectivity index (χ2v) is 9.16. The Labute approximate surface area is 183 Å². The molecule has 0 saturated heterocycles. The smallest absolute Gasteiger partial charge is 0.211 e. The van der Waals surface area contributed by atoms with Gasteiger partial charge in [-0.1, -0.05) is 65.0 Å². The number of fused-ring (bicyclic) bond motifs is 1. The molecule has 0 aliphatic rings. The molecule has 0 aromatic heterocycles. The molecule has 0 saturated carbocycles. The third kappa shape index (κ3) is 4.56. The van der Waals surface area contributed by atoms with Crippen LogP contribution in [0.3, 0.4) is 0 Å². The van der Waals surface area contributed by atoms with E-state index in [-0.39, 0.29) is 10.8 Å². The minimum Gasteiger partial charge on any atom is -0.211 e. The second-order valence-electron chi connectivity index (χ2n) is 9.16. The van der Waals surface area contributed by atoms with Gasteiger partial charge in [-0.25, -0.2) is 9.59 Å². The Morgan fingerprint density at radius 2 is 1.42 bits per heavy atom. The van der Waals surface area contributed by atoms with Crippen LogP contribution in [-0.2, 0) is 27.8 Å². The normalized spacial score (nSPS) is 11.6. The van der Waals surface area contributed by atoms with Gasteiger partial charge in [0.05, 0.1) is 11.4 Å². The summed E-state index contributed by atoms with van der Waals surface area (Å²) in [7, 11) is 0. The third-order valence-electron chi connectivity index (χ3n) is 6.72. The summed E-state index contributed by atoms with van der Waals surface area (Å²) in [6.45, 7) is 11.1. The first kappa shape index (κ1) is 22.4. The fourth-order valence-electron chi connectivity index (χ4n) is 4.03. The molecule has 0 bridgehead atoms. The SMILES string of the molecule is CCc1ccc(CC(C)(C)C(C)(C)c2cc3ccc(N=C=O)cc3cc2N=C=O)cc1. The Morgan fingerprint density at radius 3 is 2.03 bits per heavy atom. The molecule has 3 aromatic carbocycles. The second kappa shape index (κ2) is 8.81. The molecule has 4 nitrogen and oxygen atoms in total. The first-order valence-electron chi connectivity index (χ1n) is 10.5. The highest BCUT2D eigenvalue weighted by Gasteiger charge is 2.40. The summed E-state index contributed by atoms with van der Waals surface area (Å²) in [5.74, 6) is 0. The molecule has 3 rings (SSSR count). The van der Waals surface area contributed by atoms with Crippen LogP contribution < -0.4 is 0 Å². The summed E-state index contributed by atoms with van der Waals surface area (Å²) < 4.78 is 0. The van der Waals surface area contributed by atoms with Crippen molar-refractivity contribution in [2.24, 2.45) is 15.4 Å². The van der Waals surface area contributed by atoms with Crippen LogP contribution in [-0.4, -0.2) is 12.2 Å². The molecule has 0 atom stereocenters. The van der Waals surface area contributed by atoms with Gasteiger partial charge in [0.2, 0.25) is 12.2 Å². The fourth-order valence-corrected chi connectivity index (χ4v) is 4.03. The molecule has 4 heteroatoms. The van der Waals surface area contributed by atoms with E-state index in [0.717, 1.165) is 29.2 Å². The van der Waals surface area contributed by atoms with Gasteiger partial charge in [0.1, 0.15) is 0 Å². The maximum atomic E-state index is 11.2. The number of isocyanates is 2.